The minimum atomic E-state index is -2.32. The molecule has 29 heavy (non-hydrogen) atoms. The molecule has 154 valence electrons. The van der Waals surface area contributed by atoms with Crippen LogP contribution in [0.2, 0.25) is 0 Å². The maximum absolute atomic E-state index is 12.2. The summed E-state index contributed by atoms with van der Waals surface area (Å²) < 4.78 is 25.9. The van der Waals surface area contributed by atoms with Crippen molar-refractivity contribution in [2.75, 3.05) is 0 Å². The van der Waals surface area contributed by atoms with E-state index in [-0.39, 0.29) is 25.3 Å². The second kappa shape index (κ2) is 8.93. The summed E-state index contributed by atoms with van der Waals surface area (Å²) >= 11 is 0. The van der Waals surface area contributed by atoms with Gasteiger partial charge in [-0.3, -0.25) is 14.3 Å². The van der Waals surface area contributed by atoms with E-state index in [0.29, 0.717) is 29.9 Å². The summed E-state index contributed by atoms with van der Waals surface area (Å²) in [4.78, 5) is 30.1. The van der Waals surface area contributed by atoms with Gasteiger partial charge in [-0.15, -0.1) is 0 Å². The topological polar surface area (TPSA) is 92.7 Å². The van der Waals surface area contributed by atoms with Crippen molar-refractivity contribution in [3.63, 3.8) is 0 Å². The molecule has 1 aliphatic rings. The van der Waals surface area contributed by atoms with Crippen LogP contribution >= 0.6 is 0 Å². The van der Waals surface area contributed by atoms with Crippen LogP contribution in [0.4, 0.5) is 8.78 Å². The van der Waals surface area contributed by atoms with Crippen LogP contribution < -0.4 is 5.32 Å². The van der Waals surface area contributed by atoms with Crippen LogP contribution in [0.5, 0.6) is 0 Å². The average molecular weight is 403 g/mol. The van der Waals surface area contributed by atoms with Gasteiger partial charge in [-0.2, -0.15) is 5.10 Å². The largest absolute Gasteiger partial charge is 0.343 e. The first-order chi connectivity index (χ1) is 13.9. The van der Waals surface area contributed by atoms with Crippen molar-refractivity contribution in [2.24, 2.45) is 7.05 Å². The predicted molar refractivity (Wildman–Crippen MR) is 104 cm³/mol. The number of fused-ring (bicyclic) bond motifs is 1. The second-order valence-corrected chi connectivity index (χ2v) is 7.02. The number of nitrogens with zero attached hydrogens (tertiary/aromatic N) is 3. The van der Waals surface area contributed by atoms with Gasteiger partial charge in [-0.25, -0.2) is 13.8 Å². The van der Waals surface area contributed by atoms with Gasteiger partial charge < -0.3 is 10.3 Å². The number of carbonyl (C=O) groups excluding carboxylic acids is 2. The van der Waals surface area contributed by atoms with E-state index in [0.717, 1.165) is 23.7 Å². The van der Waals surface area contributed by atoms with Gasteiger partial charge in [0.05, 0.1) is 17.6 Å². The lowest BCUT2D eigenvalue weighted by molar-refractivity contribution is -0.0337. The molecule has 1 fully saturated rings. The van der Waals surface area contributed by atoms with Gasteiger partial charge in [-0.1, -0.05) is 6.42 Å². The number of hydrogen-bond acceptors (Lipinski definition) is 4. The number of hydrogen-bond donors (Lipinski definition) is 2. The Balaban J connectivity index is 0.000000252. The molecule has 2 heterocycles. The van der Waals surface area contributed by atoms with E-state index in [1.807, 2.05) is 0 Å². The molecular weight excluding hydrogens is 380 g/mol. The number of alkyl halides is 2. The van der Waals surface area contributed by atoms with Crippen molar-refractivity contribution in [1.29, 1.82) is 0 Å². The minimum absolute atomic E-state index is 0.118. The van der Waals surface area contributed by atoms with Crippen molar-refractivity contribution >= 4 is 23.2 Å². The van der Waals surface area contributed by atoms with Gasteiger partial charge in [0.15, 0.2) is 0 Å². The fraction of sp³-hybridized carbons (Fsp3) is 0.400. The average Bonchev–Trinajstić information content (AvgIpc) is 3.31. The third-order valence-electron chi connectivity index (χ3n) is 4.75. The SMILES string of the molecule is Cn1nccc1C(=O)NCc1nc2ccc(C=O)cc2[nH]1.FC1(F)CCCCC1. The molecule has 0 aliphatic heterocycles. The minimum Gasteiger partial charge on any atom is -0.343 e. The number of carbonyl (C=O) groups is 2. The van der Waals surface area contributed by atoms with Crippen molar-refractivity contribution in [3.8, 4) is 0 Å². The number of aromatic nitrogens is 4. The Labute approximate surface area is 166 Å². The van der Waals surface area contributed by atoms with Gasteiger partial charge in [0, 0.05) is 31.6 Å². The Hall–Kier alpha value is -3.10. The van der Waals surface area contributed by atoms with Crippen molar-refractivity contribution in [1.82, 2.24) is 25.1 Å². The maximum atomic E-state index is 12.2. The summed E-state index contributed by atoms with van der Waals surface area (Å²) in [6.45, 7) is 0.273. The van der Waals surface area contributed by atoms with E-state index < -0.39 is 5.92 Å². The molecule has 2 aromatic heterocycles. The zero-order valence-electron chi connectivity index (χ0n) is 16.1. The zero-order chi connectivity index (χ0) is 20.9. The van der Waals surface area contributed by atoms with Crippen molar-refractivity contribution < 1.29 is 18.4 Å². The fourth-order valence-corrected chi connectivity index (χ4v) is 3.16. The quantitative estimate of drug-likeness (QED) is 0.651. The summed E-state index contributed by atoms with van der Waals surface area (Å²) in [5, 5.41) is 6.71. The summed E-state index contributed by atoms with van der Waals surface area (Å²) in [6, 6.07) is 6.84. The Bertz CT molecular complexity index is 988. The van der Waals surface area contributed by atoms with Crippen LogP contribution in [0, 0.1) is 0 Å². The predicted octanol–water partition coefficient (Wildman–Crippen LogP) is 3.62. The van der Waals surface area contributed by atoms with Crippen LogP contribution in [-0.2, 0) is 13.6 Å². The monoisotopic (exact) mass is 403 g/mol. The lowest BCUT2D eigenvalue weighted by Gasteiger charge is -2.20. The molecule has 0 spiro atoms. The van der Waals surface area contributed by atoms with E-state index in [2.05, 4.69) is 20.4 Å². The molecule has 0 radical (unpaired) electrons. The molecule has 1 saturated carbocycles. The Morgan fingerprint density at radius 2 is 2.03 bits per heavy atom. The smallest absolute Gasteiger partial charge is 0.269 e. The number of imidazole rings is 1. The second-order valence-electron chi connectivity index (χ2n) is 7.02. The van der Waals surface area contributed by atoms with Crippen LogP contribution in [-0.4, -0.2) is 37.9 Å². The van der Waals surface area contributed by atoms with Crippen LogP contribution in [0.25, 0.3) is 11.0 Å². The summed E-state index contributed by atoms with van der Waals surface area (Å²) in [7, 11) is 1.71. The number of H-pyrrole nitrogens is 1. The lowest BCUT2D eigenvalue weighted by atomic mass is 9.97. The Morgan fingerprint density at radius 1 is 1.28 bits per heavy atom. The molecule has 0 bridgehead atoms. The summed E-state index contributed by atoms with van der Waals surface area (Å²) in [5.41, 5.74) is 2.58. The maximum Gasteiger partial charge on any atom is 0.269 e. The summed E-state index contributed by atoms with van der Waals surface area (Å²) in [5.74, 6) is -1.91. The molecule has 2 N–H and O–H groups in total. The molecule has 1 aliphatic carbocycles. The zero-order valence-corrected chi connectivity index (χ0v) is 16.1. The highest BCUT2D eigenvalue weighted by Gasteiger charge is 2.30. The number of benzene rings is 1. The first-order valence-electron chi connectivity index (χ1n) is 9.46. The third-order valence-corrected chi connectivity index (χ3v) is 4.75. The lowest BCUT2D eigenvalue weighted by Crippen LogP contribution is -2.25. The number of halogens is 2. The normalized spacial score (nSPS) is 15.4. The van der Waals surface area contributed by atoms with Crippen molar-refractivity contribution in [2.45, 2.75) is 44.6 Å². The van der Waals surface area contributed by atoms with E-state index in [9.17, 15) is 18.4 Å². The molecule has 4 rings (SSSR count). The number of rotatable bonds is 4. The van der Waals surface area contributed by atoms with E-state index in [4.69, 9.17) is 0 Å². The van der Waals surface area contributed by atoms with Crippen LogP contribution in [0.15, 0.2) is 30.5 Å². The van der Waals surface area contributed by atoms with Gasteiger partial charge in [0.25, 0.3) is 5.91 Å². The highest BCUT2D eigenvalue weighted by atomic mass is 19.3. The molecule has 0 saturated heterocycles. The number of aldehydes is 1. The number of amides is 1. The van der Waals surface area contributed by atoms with Gasteiger partial charge in [0.1, 0.15) is 17.8 Å². The molecular formula is C20H23F2N5O2. The first-order valence-corrected chi connectivity index (χ1v) is 9.46. The van der Waals surface area contributed by atoms with Gasteiger partial charge >= 0.3 is 0 Å². The molecule has 1 amide bonds. The molecule has 1 aromatic carbocycles. The number of nitrogens with one attached hydrogen (secondary N) is 2. The highest BCUT2D eigenvalue weighted by molar-refractivity contribution is 5.92. The van der Waals surface area contributed by atoms with E-state index in [1.54, 1.807) is 37.5 Å². The molecule has 0 atom stereocenters. The third kappa shape index (κ3) is 5.46. The van der Waals surface area contributed by atoms with Gasteiger partial charge in [0.2, 0.25) is 5.92 Å². The van der Waals surface area contributed by atoms with Gasteiger partial charge in [-0.05, 0) is 37.1 Å². The van der Waals surface area contributed by atoms with E-state index >= 15 is 0 Å². The summed E-state index contributed by atoms with van der Waals surface area (Å²) in [6.07, 6.45) is 5.01. The Kier molecular flexibility index (Phi) is 6.36. The van der Waals surface area contributed by atoms with Crippen LogP contribution in [0.3, 0.4) is 0 Å². The Morgan fingerprint density at radius 3 is 2.62 bits per heavy atom. The van der Waals surface area contributed by atoms with Crippen LogP contribution in [0.1, 0.15) is 58.8 Å². The molecule has 9 heteroatoms. The van der Waals surface area contributed by atoms with E-state index in [1.165, 1.54) is 4.68 Å². The first kappa shape index (κ1) is 20.6. The van der Waals surface area contributed by atoms with Crippen molar-refractivity contribution in [3.05, 3.63) is 47.5 Å². The standard InChI is InChI=1S/C14H13N5O2.C6H10F2/c1-19-12(4-5-16-19)14(21)15-7-13-17-10-3-2-9(8-20)6-11(10)18-13;7-6(8)4-2-1-3-5-6/h2-6,8H,7H2,1H3,(H,15,21)(H,17,18);1-5H2. The number of aryl methyl sites for hydroxylation is 1. The molecule has 0 unspecified atom stereocenters. The molecule has 3 aromatic rings. The molecule has 7 nitrogen and oxygen atoms in total. The number of aromatic amines is 1. The highest BCUT2D eigenvalue weighted by Crippen LogP contribution is 2.32. The fourth-order valence-electron chi connectivity index (χ4n) is 3.16.